The average Bonchev–Trinajstić information content (AvgIpc) is 3.34. The SMILES string of the molecule is CC(=O)N1CCC[C@@](O)(C(=O)NCC2(c3cccc(Cl)c3)CC2)C1. The molecule has 3 rings (SSSR count). The van der Waals surface area contributed by atoms with Crippen LogP contribution in [0.1, 0.15) is 38.2 Å². The van der Waals surface area contributed by atoms with E-state index < -0.39 is 5.60 Å². The van der Waals surface area contributed by atoms with Crippen LogP contribution in [-0.4, -0.2) is 47.1 Å². The second-order valence-corrected chi connectivity index (χ2v) is 7.49. The van der Waals surface area contributed by atoms with E-state index in [4.69, 9.17) is 11.6 Å². The van der Waals surface area contributed by atoms with E-state index in [1.165, 1.54) is 11.8 Å². The molecule has 0 spiro atoms. The minimum absolute atomic E-state index is 0.0678. The summed E-state index contributed by atoms with van der Waals surface area (Å²) in [6.45, 7) is 2.60. The first-order chi connectivity index (χ1) is 11.3. The lowest BCUT2D eigenvalue weighted by atomic mass is 9.90. The van der Waals surface area contributed by atoms with E-state index in [9.17, 15) is 14.7 Å². The summed E-state index contributed by atoms with van der Waals surface area (Å²) in [5.41, 5.74) is -0.448. The van der Waals surface area contributed by atoms with E-state index in [-0.39, 0.29) is 23.8 Å². The molecule has 0 radical (unpaired) electrons. The zero-order valence-electron chi connectivity index (χ0n) is 13.8. The van der Waals surface area contributed by atoms with Crippen molar-refractivity contribution in [3.05, 3.63) is 34.9 Å². The molecule has 2 aliphatic rings. The number of rotatable bonds is 4. The number of carbonyl (C=O) groups is 2. The van der Waals surface area contributed by atoms with Gasteiger partial charge in [-0.1, -0.05) is 23.7 Å². The van der Waals surface area contributed by atoms with Crippen LogP contribution in [0.2, 0.25) is 5.02 Å². The Morgan fingerprint density at radius 1 is 1.33 bits per heavy atom. The first kappa shape index (κ1) is 17.2. The normalized spacial score (nSPS) is 25.2. The summed E-state index contributed by atoms with van der Waals surface area (Å²) in [7, 11) is 0. The minimum atomic E-state index is -1.49. The number of β-amino-alcohol motifs (C(OH)–C–C–N with tert-alkyl or cyclic N) is 1. The van der Waals surface area contributed by atoms with Gasteiger partial charge in [-0.25, -0.2) is 0 Å². The highest BCUT2D eigenvalue weighted by Crippen LogP contribution is 2.48. The number of hydrogen-bond donors (Lipinski definition) is 2. The monoisotopic (exact) mass is 350 g/mol. The van der Waals surface area contributed by atoms with Crippen LogP contribution in [0.5, 0.6) is 0 Å². The Morgan fingerprint density at radius 2 is 2.08 bits per heavy atom. The van der Waals surface area contributed by atoms with Crippen molar-refractivity contribution in [3.8, 4) is 0 Å². The topological polar surface area (TPSA) is 69.6 Å². The van der Waals surface area contributed by atoms with Gasteiger partial charge in [-0.2, -0.15) is 0 Å². The molecule has 24 heavy (non-hydrogen) atoms. The molecular weight excluding hydrogens is 328 g/mol. The quantitative estimate of drug-likeness (QED) is 0.870. The third-order valence-corrected chi connectivity index (χ3v) is 5.45. The van der Waals surface area contributed by atoms with Crippen LogP contribution in [0.15, 0.2) is 24.3 Å². The van der Waals surface area contributed by atoms with E-state index in [1.54, 1.807) is 0 Å². The summed E-state index contributed by atoms with van der Waals surface area (Å²) >= 11 is 6.07. The Balaban J connectivity index is 1.64. The van der Waals surface area contributed by atoms with E-state index in [2.05, 4.69) is 5.32 Å². The van der Waals surface area contributed by atoms with Crippen LogP contribution in [-0.2, 0) is 15.0 Å². The van der Waals surface area contributed by atoms with Crippen LogP contribution in [0.3, 0.4) is 0 Å². The molecule has 0 aromatic heterocycles. The summed E-state index contributed by atoms with van der Waals surface area (Å²) in [5, 5.41) is 14.3. The number of halogens is 1. The van der Waals surface area contributed by atoms with E-state index in [0.29, 0.717) is 31.0 Å². The molecule has 1 aliphatic carbocycles. The molecule has 0 bridgehead atoms. The molecule has 1 atom stereocenters. The average molecular weight is 351 g/mol. The van der Waals surface area contributed by atoms with Gasteiger partial charge in [0.05, 0.1) is 6.54 Å². The third kappa shape index (κ3) is 3.42. The highest BCUT2D eigenvalue weighted by atomic mass is 35.5. The first-order valence-corrected chi connectivity index (χ1v) is 8.75. The Bertz CT molecular complexity index is 659. The Morgan fingerprint density at radius 3 is 2.71 bits per heavy atom. The second-order valence-electron chi connectivity index (χ2n) is 7.05. The lowest BCUT2D eigenvalue weighted by Crippen LogP contribution is -2.58. The number of nitrogens with zero attached hydrogens (tertiary/aromatic N) is 1. The minimum Gasteiger partial charge on any atom is -0.378 e. The van der Waals surface area contributed by atoms with Crippen LogP contribution in [0.25, 0.3) is 0 Å². The predicted molar refractivity (Wildman–Crippen MR) is 91.8 cm³/mol. The fourth-order valence-corrected chi connectivity index (χ4v) is 3.63. The number of nitrogens with one attached hydrogen (secondary N) is 1. The van der Waals surface area contributed by atoms with Crippen molar-refractivity contribution < 1.29 is 14.7 Å². The van der Waals surface area contributed by atoms with E-state index in [1.807, 2.05) is 24.3 Å². The number of benzene rings is 1. The van der Waals surface area contributed by atoms with Crippen molar-refractivity contribution in [1.82, 2.24) is 10.2 Å². The first-order valence-electron chi connectivity index (χ1n) is 8.37. The van der Waals surface area contributed by atoms with Crippen molar-refractivity contribution in [3.63, 3.8) is 0 Å². The largest absolute Gasteiger partial charge is 0.378 e. The van der Waals surface area contributed by atoms with Crippen molar-refractivity contribution >= 4 is 23.4 Å². The maximum Gasteiger partial charge on any atom is 0.253 e. The summed E-state index contributed by atoms with van der Waals surface area (Å²) in [4.78, 5) is 25.6. The van der Waals surface area contributed by atoms with E-state index >= 15 is 0 Å². The van der Waals surface area contributed by atoms with Crippen LogP contribution < -0.4 is 5.32 Å². The molecule has 2 fully saturated rings. The van der Waals surface area contributed by atoms with Gasteiger partial charge in [0.2, 0.25) is 5.91 Å². The van der Waals surface area contributed by atoms with Gasteiger partial charge in [0.25, 0.3) is 5.91 Å². The predicted octanol–water partition coefficient (Wildman–Crippen LogP) is 1.86. The number of likely N-dealkylation sites (tertiary alicyclic amines) is 1. The molecule has 1 aromatic rings. The van der Waals surface area contributed by atoms with Gasteiger partial charge >= 0.3 is 0 Å². The molecule has 1 aromatic carbocycles. The molecule has 2 N–H and O–H groups in total. The van der Waals surface area contributed by atoms with Crippen molar-refractivity contribution in [2.45, 2.75) is 43.6 Å². The third-order valence-electron chi connectivity index (χ3n) is 5.22. The Hall–Kier alpha value is -1.59. The van der Waals surface area contributed by atoms with Crippen LogP contribution in [0.4, 0.5) is 0 Å². The highest BCUT2D eigenvalue weighted by Gasteiger charge is 2.47. The number of piperidine rings is 1. The van der Waals surface area contributed by atoms with Crippen molar-refractivity contribution in [2.75, 3.05) is 19.6 Å². The molecule has 2 amide bonds. The fraction of sp³-hybridized carbons (Fsp3) is 0.556. The fourth-order valence-electron chi connectivity index (χ4n) is 3.44. The smallest absolute Gasteiger partial charge is 0.253 e. The lowest BCUT2D eigenvalue weighted by Gasteiger charge is -2.37. The Kier molecular flexibility index (Phi) is 4.58. The lowest BCUT2D eigenvalue weighted by molar-refractivity contribution is -0.150. The van der Waals surface area contributed by atoms with Crippen molar-refractivity contribution in [1.29, 1.82) is 0 Å². The van der Waals surface area contributed by atoms with Gasteiger partial charge in [0, 0.05) is 30.5 Å². The summed E-state index contributed by atoms with van der Waals surface area (Å²) in [6.07, 6.45) is 2.99. The summed E-state index contributed by atoms with van der Waals surface area (Å²) < 4.78 is 0. The van der Waals surface area contributed by atoms with E-state index in [0.717, 1.165) is 18.4 Å². The summed E-state index contributed by atoms with van der Waals surface area (Å²) in [6, 6.07) is 7.71. The van der Waals surface area contributed by atoms with Gasteiger partial charge in [0.15, 0.2) is 5.60 Å². The van der Waals surface area contributed by atoms with Gasteiger partial charge in [0.1, 0.15) is 0 Å². The molecule has 130 valence electrons. The van der Waals surface area contributed by atoms with Gasteiger partial charge in [-0.05, 0) is 43.4 Å². The number of aliphatic hydroxyl groups is 1. The highest BCUT2D eigenvalue weighted by molar-refractivity contribution is 6.30. The molecule has 1 heterocycles. The molecule has 1 saturated carbocycles. The molecule has 1 saturated heterocycles. The van der Waals surface area contributed by atoms with Crippen molar-refractivity contribution in [2.24, 2.45) is 0 Å². The number of hydrogen-bond acceptors (Lipinski definition) is 3. The standard InChI is InChI=1S/C18H23ClN2O3/c1-13(22)21-9-3-6-18(24,12-21)16(23)20-11-17(7-8-17)14-4-2-5-15(19)10-14/h2,4-5,10,24H,3,6-9,11-12H2,1H3,(H,20,23)/t18-/m0/s1. The zero-order chi connectivity index (χ0) is 17.4. The molecule has 5 nitrogen and oxygen atoms in total. The van der Waals surface area contributed by atoms with Gasteiger partial charge in [-0.15, -0.1) is 0 Å². The zero-order valence-corrected chi connectivity index (χ0v) is 14.6. The second kappa shape index (κ2) is 6.37. The maximum absolute atomic E-state index is 12.5. The number of amides is 2. The summed E-state index contributed by atoms with van der Waals surface area (Å²) in [5.74, 6) is -0.500. The molecule has 0 unspecified atom stereocenters. The maximum atomic E-state index is 12.5. The molecule has 1 aliphatic heterocycles. The number of carbonyl (C=O) groups excluding carboxylic acids is 2. The Labute approximate surface area is 147 Å². The van der Waals surface area contributed by atoms with Gasteiger partial charge in [-0.3, -0.25) is 9.59 Å². The molecular formula is C18H23ClN2O3. The van der Waals surface area contributed by atoms with Crippen LogP contribution >= 0.6 is 11.6 Å². The van der Waals surface area contributed by atoms with Gasteiger partial charge < -0.3 is 15.3 Å². The molecule has 6 heteroatoms. The van der Waals surface area contributed by atoms with Crippen LogP contribution in [0, 0.1) is 0 Å².